The van der Waals surface area contributed by atoms with Gasteiger partial charge in [0.15, 0.2) is 0 Å². The highest BCUT2D eigenvalue weighted by Crippen LogP contribution is 2.37. The van der Waals surface area contributed by atoms with Crippen LogP contribution in [-0.2, 0) is 6.42 Å². The molecule has 0 amide bonds. The summed E-state index contributed by atoms with van der Waals surface area (Å²) < 4.78 is 0. The lowest BCUT2D eigenvalue weighted by Crippen LogP contribution is -2.16. The number of hydrogen-bond acceptors (Lipinski definition) is 2. The number of hydrogen-bond donors (Lipinski definition) is 2. The fraction of sp³-hybridized carbons (Fsp3) is 0.429. The molecule has 2 heteroatoms. The van der Waals surface area contributed by atoms with Crippen LogP contribution in [0, 0.1) is 0 Å². The summed E-state index contributed by atoms with van der Waals surface area (Å²) in [6.07, 6.45) is 6.34. The van der Waals surface area contributed by atoms with Crippen LogP contribution < -0.4 is 10.6 Å². The van der Waals surface area contributed by atoms with Gasteiger partial charge in [0.25, 0.3) is 0 Å². The van der Waals surface area contributed by atoms with E-state index in [1.54, 1.807) is 5.57 Å². The summed E-state index contributed by atoms with van der Waals surface area (Å²) in [4.78, 5) is 0. The average Bonchev–Trinajstić information content (AvgIpc) is 2.25. The summed E-state index contributed by atoms with van der Waals surface area (Å²) in [6.45, 7) is 0. The van der Waals surface area contributed by atoms with Crippen LogP contribution in [0.1, 0.15) is 31.2 Å². The molecule has 1 aliphatic carbocycles. The van der Waals surface area contributed by atoms with E-state index in [2.05, 4.69) is 28.8 Å². The molecule has 1 fully saturated rings. The quantitative estimate of drug-likeness (QED) is 0.747. The van der Waals surface area contributed by atoms with Gasteiger partial charge in [-0.2, -0.15) is 0 Å². The summed E-state index contributed by atoms with van der Waals surface area (Å²) in [5, 5.41) is 6.88. The molecule has 1 aliphatic heterocycles. The lowest BCUT2D eigenvalue weighted by molar-refractivity contribution is 0.640. The standard InChI is InChI=1S/C14H18N2/c1-15-13-6-3-7-14-11(13)8-9-12(16-14)10-4-2-5-10/h3,6-7,15-16H,2,4-5,8-9H2,1H3. The molecular formula is C14H18N2. The van der Waals surface area contributed by atoms with Gasteiger partial charge in [-0.1, -0.05) is 11.6 Å². The Hall–Kier alpha value is -1.44. The van der Waals surface area contributed by atoms with Crippen molar-refractivity contribution in [3.05, 3.63) is 35.0 Å². The largest absolute Gasteiger partial charge is 0.388 e. The molecule has 0 spiro atoms. The Morgan fingerprint density at radius 2 is 2.00 bits per heavy atom. The molecule has 2 aliphatic rings. The van der Waals surface area contributed by atoms with E-state index in [1.807, 2.05) is 7.05 Å². The highest BCUT2D eigenvalue weighted by Gasteiger charge is 2.20. The van der Waals surface area contributed by atoms with E-state index in [1.165, 1.54) is 48.3 Å². The molecule has 1 aromatic rings. The highest BCUT2D eigenvalue weighted by atomic mass is 14.9. The second-order valence-corrected chi connectivity index (χ2v) is 4.64. The van der Waals surface area contributed by atoms with Crippen LogP contribution in [-0.4, -0.2) is 7.05 Å². The van der Waals surface area contributed by atoms with Gasteiger partial charge in [-0.25, -0.2) is 0 Å². The second-order valence-electron chi connectivity index (χ2n) is 4.64. The van der Waals surface area contributed by atoms with Crippen molar-refractivity contribution >= 4 is 11.4 Å². The molecule has 1 aromatic carbocycles. The fourth-order valence-electron chi connectivity index (χ4n) is 2.60. The molecular weight excluding hydrogens is 196 g/mol. The molecule has 0 atom stereocenters. The Morgan fingerprint density at radius 1 is 1.12 bits per heavy atom. The summed E-state index contributed by atoms with van der Waals surface area (Å²) in [7, 11) is 2.00. The first kappa shape index (κ1) is 9.76. The highest BCUT2D eigenvalue weighted by molar-refractivity contribution is 5.69. The van der Waals surface area contributed by atoms with Crippen LogP contribution in [0.5, 0.6) is 0 Å². The molecule has 0 bridgehead atoms. The minimum absolute atomic E-state index is 1.16. The predicted octanol–water partition coefficient (Wildman–Crippen LogP) is 3.52. The molecule has 0 aromatic heterocycles. The number of fused-ring (bicyclic) bond motifs is 1. The number of allylic oxidation sites excluding steroid dienone is 2. The zero-order chi connectivity index (χ0) is 11.0. The van der Waals surface area contributed by atoms with Gasteiger partial charge in [0.2, 0.25) is 0 Å². The first-order valence-electron chi connectivity index (χ1n) is 6.16. The number of rotatable bonds is 1. The van der Waals surface area contributed by atoms with Gasteiger partial charge in [-0.15, -0.1) is 0 Å². The number of nitrogens with one attached hydrogen (secondary N) is 2. The summed E-state index contributed by atoms with van der Waals surface area (Å²) in [6, 6.07) is 6.46. The molecule has 0 unspecified atom stereocenters. The van der Waals surface area contributed by atoms with Crippen molar-refractivity contribution in [1.29, 1.82) is 0 Å². The second kappa shape index (κ2) is 3.85. The SMILES string of the molecule is CNc1cccc2c1CCC(=C1CCC1)N2. The monoisotopic (exact) mass is 214 g/mol. The normalized spacial score (nSPS) is 18.6. The van der Waals surface area contributed by atoms with Crippen molar-refractivity contribution in [1.82, 2.24) is 0 Å². The topological polar surface area (TPSA) is 24.1 Å². The minimum atomic E-state index is 1.16. The van der Waals surface area contributed by atoms with Crippen LogP contribution in [0.3, 0.4) is 0 Å². The van der Waals surface area contributed by atoms with Gasteiger partial charge in [0, 0.05) is 24.1 Å². The molecule has 2 N–H and O–H groups in total. The van der Waals surface area contributed by atoms with Crippen molar-refractivity contribution in [2.45, 2.75) is 32.1 Å². The first-order valence-corrected chi connectivity index (χ1v) is 6.16. The maximum atomic E-state index is 3.61. The van der Waals surface area contributed by atoms with Gasteiger partial charge in [0.05, 0.1) is 0 Å². The smallest absolute Gasteiger partial charge is 0.0435 e. The molecule has 84 valence electrons. The summed E-state index contributed by atoms with van der Waals surface area (Å²) >= 11 is 0. The number of anilines is 2. The van der Waals surface area contributed by atoms with Crippen molar-refractivity contribution < 1.29 is 0 Å². The van der Waals surface area contributed by atoms with Crippen molar-refractivity contribution in [2.24, 2.45) is 0 Å². The van der Waals surface area contributed by atoms with Gasteiger partial charge in [-0.3, -0.25) is 0 Å². The van der Waals surface area contributed by atoms with E-state index >= 15 is 0 Å². The Labute approximate surface area is 96.7 Å². The zero-order valence-corrected chi connectivity index (χ0v) is 9.77. The Bertz CT molecular complexity index is 440. The molecule has 1 saturated carbocycles. The fourth-order valence-corrected chi connectivity index (χ4v) is 2.60. The van der Waals surface area contributed by atoms with E-state index in [0.29, 0.717) is 0 Å². The Kier molecular flexibility index (Phi) is 2.35. The van der Waals surface area contributed by atoms with Crippen LogP contribution in [0.4, 0.5) is 11.4 Å². The first-order chi connectivity index (χ1) is 7.88. The molecule has 0 radical (unpaired) electrons. The molecule has 3 rings (SSSR count). The van der Waals surface area contributed by atoms with E-state index in [-0.39, 0.29) is 0 Å². The van der Waals surface area contributed by atoms with E-state index in [9.17, 15) is 0 Å². The predicted molar refractivity (Wildman–Crippen MR) is 68.8 cm³/mol. The zero-order valence-electron chi connectivity index (χ0n) is 9.77. The van der Waals surface area contributed by atoms with E-state index in [4.69, 9.17) is 0 Å². The van der Waals surface area contributed by atoms with Crippen molar-refractivity contribution in [3.8, 4) is 0 Å². The molecule has 16 heavy (non-hydrogen) atoms. The summed E-state index contributed by atoms with van der Waals surface area (Å²) in [5.74, 6) is 0. The van der Waals surface area contributed by atoms with Gasteiger partial charge in [0.1, 0.15) is 0 Å². The van der Waals surface area contributed by atoms with E-state index < -0.39 is 0 Å². The maximum absolute atomic E-state index is 3.61. The molecule has 1 heterocycles. The van der Waals surface area contributed by atoms with Crippen LogP contribution in [0.15, 0.2) is 29.5 Å². The van der Waals surface area contributed by atoms with Gasteiger partial charge in [-0.05, 0) is 49.8 Å². The van der Waals surface area contributed by atoms with Gasteiger partial charge < -0.3 is 10.6 Å². The lowest BCUT2D eigenvalue weighted by atomic mass is 9.87. The molecule has 0 saturated heterocycles. The third-order valence-corrected chi connectivity index (χ3v) is 3.74. The Balaban J connectivity index is 1.95. The minimum Gasteiger partial charge on any atom is -0.388 e. The number of benzene rings is 1. The van der Waals surface area contributed by atoms with Crippen LogP contribution in [0.25, 0.3) is 0 Å². The Morgan fingerprint density at radius 3 is 2.69 bits per heavy atom. The van der Waals surface area contributed by atoms with E-state index in [0.717, 1.165) is 6.42 Å². The third kappa shape index (κ3) is 1.49. The van der Waals surface area contributed by atoms with Crippen LogP contribution >= 0.6 is 0 Å². The third-order valence-electron chi connectivity index (χ3n) is 3.74. The van der Waals surface area contributed by atoms with Gasteiger partial charge >= 0.3 is 0 Å². The van der Waals surface area contributed by atoms with Crippen molar-refractivity contribution in [2.75, 3.05) is 17.7 Å². The van der Waals surface area contributed by atoms with Crippen molar-refractivity contribution in [3.63, 3.8) is 0 Å². The summed E-state index contributed by atoms with van der Waals surface area (Å²) in [5.41, 5.74) is 7.15. The maximum Gasteiger partial charge on any atom is 0.0435 e. The molecule has 2 nitrogen and oxygen atoms in total. The average molecular weight is 214 g/mol. The lowest BCUT2D eigenvalue weighted by Gasteiger charge is -2.29. The van der Waals surface area contributed by atoms with Crippen LogP contribution in [0.2, 0.25) is 0 Å².